The molecule has 2 aromatic heterocycles. The third-order valence-electron chi connectivity index (χ3n) is 2.49. The number of aryl methyl sites for hydroxylation is 1. The Morgan fingerprint density at radius 2 is 1.90 bits per heavy atom. The molecule has 0 aromatic carbocycles. The number of rotatable bonds is 3. The van der Waals surface area contributed by atoms with Crippen LogP contribution in [0, 0.1) is 0 Å². The molecule has 0 aliphatic carbocycles. The molecule has 2 heterocycles. The van der Waals surface area contributed by atoms with Gasteiger partial charge in [0.05, 0.1) is 4.88 Å². The van der Waals surface area contributed by atoms with Crippen LogP contribution in [-0.2, 0) is 12.6 Å². The Labute approximate surface area is 116 Å². The van der Waals surface area contributed by atoms with Crippen molar-refractivity contribution in [2.75, 3.05) is 0 Å². The van der Waals surface area contributed by atoms with Crippen LogP contribution in [0.3, 0.4) is 0 Å². The SMILES string of the molecule is CCc1ncc(-c2sc(C(F)(F)F)nc2C(C)=O)cn1. The maximum absolute atomic E-state index is 12.7. The summed E-state index contributed by atoms with van der Waals surface area (Å²) in [6, 6.07) is 0. The number of hydrogen-bond donors (Lipinski definition) is 0. The van der Waals surface area contributed by atoms with Gasteiger partial charge in [0.15, 0.2) is 10.8 Å². The van der Waals surface area contributed by atoms with Crippen molar-refractivity contribution >= 4 is 17.1 Å². The van der Waals surface area contributed by atoms with Crippen LogP contribution < -0.4 is 0 Å². The second kappa shape index (κ2) is 5.28. The number of carbonyl (C=O) groups is 1. The Balaban J connectivity index is 2.53. The van der Waals surface area contributed by atoms with Crippen molar-refractivity contribution < 1.29 is 18.0 Å². The quantitative estimate of drug-likeness (QED) is 0.815. The van der Waals surface area contributed by atoms with E-state index in [1.54, 1.807) is 0 Å². The highest BCUT2D eigenvalue weighted by atomic mass is 32.1. The first kappa shape index (κ1) is 14.6. The average molecular weight is 301 g/mol. The third kappa shape index (κ3) is 2.84. The van der Waals surface area contributed by atoms with Crippen molar-refractivity contribution in [3.63, 3.8) is 0 Å². The lowest BCUT2D eigenvalue weighted by molar-refractivity contribution is -0.137. The Morgan fingerprint density at radius 3 is 2.35 bits per heavy atom. The lowest BCUT2D eigenvalue weighted by Gasteiger charge is -2.00. The van der Waals surface area contributed by atoms with E-state index in [1.165, 1.54) is 19.3 Å². The summed E-state index contributed by atoms with van der Waals surface area (Å²) in [6.45, 7) is 3.05. The Bertz CT molecular complexity index is 634. The number of alkyl halides is 3. The number of halogens is 3. The molecule has 0 unspecified atom stereocenters. The van der Waals surface area contributed by atoms with E-state index in [1.807, 2.05) is 6.92 Å². The first-order valence-electron chi connectivity index (χ1n) is 5.73. The van der Waals surface area contributed by atoms with Gasteiger partial charge >= 0.3 is 6.18 Å². The van der Waals surface area contributed by atoms with E-state index in [0.717, 1.165) is 0 Å². The second-order valence-corrected chi connectivity index (χ2v) is 4.99. The molecule has 0 spiro atoms. The number of Topliss-reactive ketones (excluding diaryl/α,β-unsaturated/α-hetero) is 1. The fraction of sp³-hybridized carbons (Fsp3) is 0.333. The molecule has 4 nitrogen and oxygen atoms in total. The van der Waals surface area contributed by atoms with Gasteiger partial charge in [-0.05, 0) is 0 Å². The molecule has 8 heteroatoms. The van der Waals surface area contributed by atoms with Crippen molar-refractivity contribution in [1.29, 1.82) is 0 Å². The molecule has 0 bridgehead atoms. The number of hydrogen-bond acceptors (Lipinski definition) is 5. The first-order valence-corrected chi connectivity index (χ1v) is 6.54. The lowest BCUT2D eigenvalue weighted by Crippen LogP contribution is -2.05. The molecule has 0 radical (unpaired) electrons. The maximum atomic E-state index is 12.7. The van der Waals surface area contributed by atoms with E-state index in [4.69, 9.17) is 0 Å². The van der Waals surface area contributed by atoms with Gasteiger partial charge in [-0.2, -0.15) is 13.2 Å². The van der Waals surface area contributed by atoms with Crippen LogP contribution in [0.5, 0.6) is 0 Å². The summed E-state index contributed by atoms with van der Waals surface area (Å²) in [7, 11) is 0. The van der Waals surface area contributed by atoms with E-state index >= 15 is 0 Å². The van der Waals surface area contributed by atoms with Crippen molar-refractivity contribution in [2.24, 2.45) is 0 Å². The second-order valence-electron chi connectivity index (χ2n) is 3.99. The number of ketones is 1. The number of carbonyl (C=O) groups excluding carboxylic acids is 1. The number of aromatic nitrogens is 3. The summed E-state index contributed by atoms with van der Waals surface area (Å²) in [5.41, 5.74) is 0.163. The fourth-order valence-electron chi connectivity index (χ4n) is 1.53. The van der Waals surface area contributed by atoms with E-state index in [0.29, 0.717) is 29.1 Å². The third-order valence-corrected chi connectivity index (χ3v) is 3.64. The molecule has 0 amide bonds. The highest BCUT2D eigenvalue weighted by molar-refractivity contribution is 7.15. The molecule has 0 N–H and O–H groups in total. The van der Waals surface area contributed by atoms with E-state index in [2.05, 4.69) is 15.0 Å². The lowest BCUT2D eigenvalue weighted by atomic mass is 10.2. The van der Waals surface area contributed by atoms with Crippen LogP contribution in [0.2, 0.25) is 0 Å². The molecule has 2 aromatic rings. The normalized spacial score (nSPS) is 11.7. The molecule has 2 rings (SSSR count). The minimum Gasteiger partial charge on any atom is -0.293 e. The molecular formula is C12H10F3N3OS. The number of nitrogens with zero attached hydrogens (tertiary/aromatic N) is 3. The van der Waals surface area contributed by atoms with Crippen LogP contribution >= 0.6 is 11.3 Å². The Kier molecular flexibility index (Phi) is 3.85. The molecule has 0 fully saturated rings. The summed E-state index contributed by atoms with van der Waals surface area (Å²) in [4.78, 5) is 23.0. The largest absolute Gasteiger partial charge is 0.443 e. The zero-order valence-electron chi connectivity index (χ0n) is 10.7. The van der Waals surface area contributed by atoms with E-state index in [9.17, 15) is 18.0 Å². The summed E-state index contributed by atoms with van der Waals surface area (Å²) < 4.78 is 38.1. The molecule has 106 valence electrons. The minimum absolute atomic E-state index is 0.146. The predicted molar refractivity (Wildman–Crippen MR) is 67.5 cm³/mol. The summed E-state index contributed by atoms with van der Waals surface area (Å²) in [6.07, 6.45) is -1.13. The molecule has 0 aliphatic heterocycles. The van der Waals surface area contributed by atoms with E-state index < -0.39 is 17.0 Å². The maximum Gasteiger partial charge on any atom is 0.443 e. The van der Waals surface area contributed by atoms with Gasteiger partial charge in [0.1, 0.15) is 11.5 Å². The van der Waals surface area contributed by atoms with Crippen LogP contribution in [0.1, 0.15) is 35.2 Å². The zero-order chi connectivity index (χ0) is 14.9. The van der Waals surface area contributed by atoms with E-state index in [-0.39, 0.29) is 10.6 Å². The van der Waals surface area contributed by atoms with Gasteiger partial charge in [-0.3, -0.25) is 4.79 Å². The predicted octanol–water partition coefficient (Wildman–Crippen LogP) is 3.38. The molecular weight excluding hydrogens is 291 g/mol. The molecule has 0 aliphatic rings. The topological polar surface area (TPSA) is 55.7 Å². The molecule has 0 atom stereocenters. The fourth-order valence-corrected chi connectivity index (χ4v) is 2.49. The van der Waals surface area contributed by atoms with Crippen LogP contribution in [0.15, 0.2) is 12.4 Å². The molecule has 0 saturated heterocycles. The summed E-state index contributed by atoms with van der Waals surface area (Å²) >= 11 is 0.424. The Hall–Kier alpha value is -1.83. The van der Waals surface area contributed by atoms with Crippen molar-refractivity contribution in [3.8, 4) is 10.4 Å². The van der Waals surface area contributed by atoms with Crippen molar-refractivity contribution in [3.05, 3.63) is 28.9 Å². The minimum atomic E-state index is -4.57. The highest BCUT2D eigenvalue weighted by Gasteiger charge is 2.36. The Morgan fingerprint density at radius 1 is 1.30 bits per heavy atom. The number of thiazole rings is 1. The molecule has 0 saturated carbocycles. The monoisotopic (exact) mass is 301 g/mol. The van der Waals surface area contributed by atoms with Gasteiger partial charge in [-0.15, -0.1) is 11.3 Å². The summed E-state index contributed by atoms with van der Waals surface area (Å²) in [5, 5.41) is -1.04. The van der Waals surface area contributed by atoms with Gasteiger partial charge < -0.3 is 0 Å². The molecule has 20 heavy (non-hydrogen) atoms. The van der Waals surface area contributed by atoms with Crippen molar-refractivity contribution in [1.82, 2.24) is 15.0 Å². The van der Waals surface area contributed by atoms with Crippen LogP contribution in [0.25, 0.3) is 10.4 Å². The van der Waals surface area contributed by atoms with Gasteiger partial charge in [0.2, 0.25) is 0 Å². The van der Waals surface area contributed by atoms with Crippen LogP contribution in [0.4, 0.5) is 13.2 Å². The van der Waals surface area contributed by atoms with Gasteiger partial charge in [0, 0.05) is 31.3 Å². The van der Waals surface area contributed by atoms with Gasteiger partial charge in [-0.25, -0.2) is 15.0 Å². The van der Waals surface area contributed by atoms with Crippen molar-refractivity contribution in [2.45, 2.75) is 26.4 Å². The average Bonchev–Trinajstić information content (AvgIpc) is 2.84. The standard InChI is InChI=1S/C12H10F3N3OS/c1-3-8-16-4-7(5-17-8)10-9(6(2)19)18-11(20-10)12(13,14)15/h4-5H,3H2,1-2H3. The highest BCUT2D eigenvalue weighted by Crippen LogP contribution is 2.38. The smallest absolute Gasteiger partial charge is 0.293 e. The zero-order valence-corrected chi connectivity index (χ0v) is 11.5. The van der Waals surface area contributed by atoms with Crippen LogP contribution in [-0.4, -0.2) is 20.7 Å². The summed E-state index contributed by atoms with van der Waals surface area (Å²) in [5.74, 6) is 0.0602. The first-order chi connectivity index (χ1) is 9.32. The van der Waals surface area contributed by atoms with Gasteiger partial charge in [0.25, 0.3) is 0 Å². The van der Waals surface area contributed by atoms with Gasteiger partial charge in [-0.1, -0.05) is 6.92 Å².